The molecule has 2 saturated heterocycles. The molecule has 8 nitrogen and oxygen atoms in total. The molecule has 32 heavy (non-hydrogen) atoms. The summed E-state index contributed by atoms with van der Waals surface area (Å²) in [5.74, 6) is 0.0858. The van der Waals surface area contributed by atoms with Crippen LogP contribution >= 0.6 is 0 Å². The quantitative estimate of drug-likeness (QED) is 0.575. The van der Waals surface area contributed by atoms with E-state index in [4.69, 9.17) is 0 Å². The second-order valence-corrected chi connectivity index (χ2v) is 10.7. The SMILES string of the molecule is C=CC(=O)NCC1CCN(S(=O)(=O)C2CCN(C(=O)NCCc3ccccc3)CC2)CC1. The van der Waals surface area contributed by atoms with Crippen LogP contribution in [0.5, 0.6) is 0 Å². The zero-order valence-electron chi connectivity index (χ0n) is 18.5. The number of benzene rings is 1. The summed E-state index contributed by atoms with van der Waals surface area (Å²) < 4.78 is 27.8. The van der Waals surface area contributed by atoms with Gasteiger partial charge in [0.05, 0.1) is 5.25 Å². The van der Waals surface area contributed by atoms with Crippen LogP contribution in [0.4, 0.5) is 4.79 Å². The van der Waals surface area contributed by atoms with E-state index in [2.05, 4.69) is 17.2 Å². The zero-order chi connectivity index (χ0) is 23.0. The van der Waals surface area contributed by atoms with Gasteiger partial charge in [-0.2, -0.15) is 0 Å². The van der Waals surface area contributed by atoms with Gasteiger partial charge in [-0.05, 0) is 49.7 Å². The molecule has 2 heterocycles. The molecule has 1 aromatic rings. The highest BCUT2D eigenvalue weighted by atomic mass is 32.2. The average Bonchev–Trinajstić information content (AvgIpc) is 2.83. The molecule has 0 aliphatic carbocycles. The molecule has 0 atom stereocenters. The summed E-state index contributed by atoms with van der Waals surface area (Å²) in [6.07, 6.45) is 4.41. The number of likely N-dealkylation sites (tertiary alicyclic amines) is 1. The van der Waals surface area contributed by atoms with E-state index in [0.29, 0.717) is 52.1 Å². The molecule has 0 spiro atoms. The Morgan fingerprint density at radius 1 is 1.00 bits per heavy atom. The van der Waals surface area contributed by atoms with E-state index >= 15 is 0 Å². The summed E-state index contributed by atoms with van der Waals surface area (Å²) in [5.41, 5.74) is 1.17. The van der Waals surface area contributed by atoms with Crippen LogP contribution in [-0.2, 0) is 21.2 Å². The maximum atomic E-state index is 13.1. The van der Waals surface area contributed by atoms with E-state index < -0.39 is 15.3 Å². The van der Waals surface area contributed by atoms with Gasteiger partial charge >= 0.3 is 6.03 Å². The van der Waals surface area contributed by atoms with Gasteiger partial charge in [-0.25, -0.2) is 17.5 Å². The van der Waals surface area contributed by atoms with Crippen LogP contribution in [0.2, 0.25) is 0 Å². The number of nitrogens with zero attached hydrogens (tertiary/aromatic N) is 2. The van der Waals surface area contributed by atoms with E-state index in [1.807, 2.05) is 30.3 Å². The molecular weight excluding hydrogens is 428 g/mol. The van der Waals surface area contributed by atoms with Crippen molar-refractivity contribution < 1.29 is 18.0 Å². The van der Waals surface area contributed by atoms with Crippen molar-refractivity contribution in [3.8, 4) is 0 Å². The highest BCUT2D eigenvalue weighted by molar-refractivity contribution is 7.89. The lowest BCUT2D eigenvalue weighted by atomic mass is 9.98. The summed E-state index contributed by atoms with van der Waals surface area (Å²) in [6, 6.07) is 9.86. The average molecular weight is 463 g/mol. The number of amides is 3. The fourth-order valence-electron chi connectivity index (χ4n) is 4.32. The Morgan fingerprint density at radius 3 is 2.28 bits per heavy atom. The molecule has 176 valence electrons. The van der Waals surface area contributed by atoms with Crippen LogP contribution in [0.3, 0.4) is 0 Å². The number of rotatable bonds is 8. The molecule has 1 aromatic carbocycles. The van der Waals surface area contributed by atoms with Gasteiger partial charge in [-0.15, -0.1) is 0 Å². The molecule has 3 rings (SSSR count). The Bertz CT molecular complexity index is 875. The van der Waals surface area contributed by atoms with Crippen molar-refractivity contribution in [3.63, 3.8) is 0 Å². The smallest absolute Gasteiger partial charge is 0.317 e. The lowest BCUT2D eigenvalue weighted by Gasteiger charge is -2.37. The van der Waals surface area contributed by atoms with Crippen molar-refractivity contribution in [1.82, 2.24) is 19.8 Å². The van der Waals surface area contributed by atoms with Crippen molar-refractivity contribution in [2.24, 2.45) is 5.92 Å². The predicted molar refractivity (Wildman–Crippen MR) is 125 cm³/mol. The van der Waals surface area contributed by atoms with Crippen molar-refractivity contribution in [3.05, 3.63) is 48.6 Å². The Morgan fingerprint density at radius 2 is 1.66 bits per heavy atom. The zero-order valence-corrected chi connectivity index (χ0v) is 19.4. The first kappa shape index (κ1) is 24.3. The minimum atomic E-state index is -3.38. The van der Waals surface area contributed by atoms with Crippen LogP contribution in [0.25, 0.3) is 0 Å². The number of carbonyl (C=O) groups is 2. The van der Waals surface area contributed by atoms with Gasteiger partial charge in [0.25, 0.3) is 0 Å². The van der Waals surface area contributed by atoms with E-state index in [1.165, 1.54) is 11.6 Å². The number of piperidine rings is 2. The molecule has 0 radical (unpaired) electrons. The number of sulfonamides is 1. The summed E-state index contributed by atoms with van der Waals surface area (Å²) in [7, 11) is -3.38. The summed E-state index contributed by atoms with van der Waals surface area (Å²) in [5, 5.41) is 5.29. The molecule has 0 saturated carbocycles. The van der Waals surface area contributed by atoms with Crippen molar-refractivity contribution in [2.75, 3.05) is 39.3 Å². The van der Waals surface area contributed by atoms with Gasteiger partial charge in [-0.1, -0.05) is 36.9 Å². The topological polar surface area (TPSA) is 98.8 Å². The molecule has 3 amide bonds. The van der Waals surface area contributed by atoms with Crippen LogP contribution in [-0.4, -0.2) is 74.1 Å². The molecule has 2 aliphatic rings. The van der Waals surface area contributed by atoms with Gasteiger partial charge in [0.1, 0.15) is 0 Å². The third-order valence-electron chi connectivity index (χ3n) is 6.37. The highest BCUT2D eigenvalue weighted by Gasteiger charge is 2.37. The van der Waals surface area contributed by atoms with E-state index in [9.17, 15) is 18.0 Å². The minimum Gasteiger partial charge on any atom is -0.352 e. The van der Waals surface area contributed by atoms with E-state index in [0.717, 1.165) is 19.3 Å². The fourth-order valence-corrected chi connectivity index (χ4v) is 6.27. The van der Waals surface area contributed by atoms with Crippen LogP contribution in [0.15, 0.2) is 43.0 Å². The molecule has 2 fully saturated rings. The second-order valence-electron chi connectivity index (χ2n) is 8.49. The van der Waals surface area contributed by atoms with Crippen LogP contribution < -0.4 is 10.6 Å². The summed E-state index contributed by atoms with van der Waals surface area (Å²) in [4.78, 5) is 25.5. The molecule has 0 unspecified atom stereocenters. The predicted octanol–water partition coefficient (Wildman–Crippen LogP) is 1.75. The molecule has 0 bridgehead atoms. The number of hydrogen-bond acceptors (Lipinski definition) is 4. The summed E-state index contributed by atoms with van der Waals surface area (Å²) in [6.45, 7) is 6.41. The molecule has 9 heteroatoms. The Labute approximate surface area is 191 Å². The van der Waals surface area contributed by atoms with Crippen molar-refractivity contribution in [2.45, 2.75) is 37.4 Å². The number of carbonyl (C=O) groups excluding carboxylic acids is 2. The number of nitrogens with one attached hydrogen (secondary N) is 2. The molecule has 0 aromatic heterocycles. The van der Waals surface area contributed by atoms with Gasteiger partial charge in [-0.3, -0.25) is 4.79 Å². The first-order valence-corrected chi connectivity index (χ1v) is 12.9. The normalized spacial score (nSPS) is 18.8. The van der Waals surface area contributed by atoms with Crippen molar-refractivity contribution in [1.29, 1.82) is 0 Å². The van der Waals surface area contributed by atoms with Crippen LogP contribution in [0.1, 0.15) is 31.2 Å². The van der Waals surface area contributed by atoms with Gasteiger partial charge in [0, 0.05) is 39.3 Å². The molecule has 2 aliphatic heterocycles. The maximum Gasteiger partial charge on any atom is 0.317 e. The fraction of sp³-hybridized carbons (Fsp3) is 0.565. The third-order valence-corrected chi connectivity index (χ3v) is 8.77. The van der Waals surface area contributed by atoms with Gasteiger partial charge in [0.15, 0.2) is 0 Å². The highest BCUT2D eigenvalue weighted by Crippen LogP contribution is 2.26. The molecular formula is C23H34N4O4S. The first-order chi connectivity index (χ1) is 15.4. The standard InChI is InChI=1S/C23H34N4O4S/c1-2-22(28)25-18-20-9-16-27(17-10-20)32(30,31)21-11-14-26(15-12-21)23(29)24-13-8-19-6-4-3-5-7-19/h2-7,20-21H,1,8-18H2,(H,24,29)(H,25,28). The minimum absolute atomic E-state index is 0.126. The Kier molecular flexibility index (Phi) is 8.69. The Balaban J connectivity index is 1.39. The molecule has 2 N–H and O–H groups in total. The van der Waals surface area contributed by atoms with Gasteiger partial charge < -0.3 is 15.5 Å². The summed E-state index contributed by atoms with van der Waals surface area (Å²) >= 11 is 0. The monoisotopic (exact) mass is 462 g/mol. The van der Waals surface area contributed by atoms with Crippen LogP contribution in [0, 0.1) is 5.92 Å². The van der Waals surface area contributed by atoms with E-state index in [-0.39, 0.29) is 17.9 Å². The second kappa shape index (κ2) is 11.5. The van der Waals surface area contributed by atoms with Gasteiger partial charge in [0.2, 0.25) is 15.9 Å². The lowest BCUT2D eigenvalue weighted by Crippen LogP contribution is -2.51. The van der Waals surface area contributed by atoms with Crippen molar-refractivity contribution >= 4 is 22.0 Å². The third kappa shape index (κ3) is 6.56. The Hall–Kier alpha value is -2.39. The largest absolute Gasteiger partial charge is 0.352 e. The first-order valence-electron chi connectivity index (χ1n) is 11.4. The number of urea groups is 1. The number of hydrogen-bond donors (Lipinski definition) is 2. The van der Waals surface area contributed by atoms with E-state index in [1.54, 1.807) is 9.21 Å². The maximum absolute atomic E-state index is 13.1. The lowest BCUT2D eigenvalue weighted by molar-refractivity contribution is -0.116.